The second kappa shape index (κ2) is 8.01. The molecule has 0 unspecified atom stereocenters. The van der Waals surface area contributed by atoms with Crippen molar-refractivity contribution in [2.75, 3.05) is 12.3 Å². The Morgan fingerprint density at radius 3 is 2.80 bits per heavy atom. The third-order valence-corrected chi connectivity index (χ3v) is 6.31. The first-order valence-electron chi connectivity index (χ1n) is 8.29. The number of likely N-dealkylation sites (tertiary alicyclic amines) is 1. The number of aryl methyl sites for hydroxylation is 1. The van der Waals surface area contributed by atoms with Crippen molar-refractivity contribution in [3.63, 3.8) is 0 Å². The van der Waals surface area contributed by atoms with Gasteiger partial charge >= 0.3 is 0 Å². The summed E-state index contributed by atoms with van der Waals surface area (Å²) in [6.07, 6.45) is 2.53. The predicted molar refractivity (Wildman–Crippen MR) is 102 cm³/mol. The van der Waals surface area contributed by atoms with Crippen molar-refractivity contribution in [1.29, 1.82) is 0 Å². The highest BCUT2D eigenvalue weighted by Gasteiger charge is 2.30. The number of hydrogen-bond acceptors (Lipinski definition) is 5. The highest BCUT2D eigenvalue weighted by molar-refractivity contribution is 8.01. The standard InChI is InChI=1S/C18H21N3O2S2/c1-12-5-7-13(8-6-12)14-10-24-18(20-14)25-11-16(22)21-9-3-2-4-15(21)17(19)23/h5-8,10,15H,2-4,9,11H2,1H3,(H2,19,23)/t15-/m1/s1. The number of rotatable bonds is 5. The smallest absolute Gasteiger partial charge is 0.240 e. The van der Waals surface area contributed by atoms with Crippen LogP contribution < -0.4 is 5.73 Å². The zero-order chi connectivity index (χ0) is 17.8. The number of nitrogens with zero attached hydrogens (tertiary/aromatic N) is 2. The summed E-state index contributed by atoms with van der Waals surface area (Å²) in [5.41, 5.74) is 8.64. The van der Waals surface area contributed by atoms with E-state index in [1.54, 1.807) is 4.90 Å². The molecule has 1 aromatic heterocycles. The van der Waals surface area contributed by atoms with Gasteiger partial charge in [-0.1, -0.05) is 41.6 Å². The SMILES string of the molecule is Cc1ccc(-c2csc(SCC(=O)N3CCCC[C@@H]3C(N)=O)n2)cc1. The molecule has 25 heavy (non-hydrogen) atoms. The molecule has 0 spiro atoms. The Morgan fingerprint density at radius 1 is 1.32 bits per heavy atom. The first-order chi connectivity index (χ1) is 12.0. The Labute approximate surface area is 155 Å². The van der Waals surface area contributed by atoms with E-state index in [0.717, 1.165) is 28.4 Å². The number of piperidine rings is 1. The summed E-state index contributed by atoms with van der Waals surface area (Å²) in [6.45, 7) is 2.66. The van der Waals surface area contributed by atoms with Gasteiger partial charge in [-0.3, -0.25) is 9.59 Å². The molecule has 2 amide bonds. The number of nitrogens with two attached hydrogens (primary N) is 1. The van der Waals surface area contributed by atoms with Crippen LogP contribution in [0, 0.1) is 6.92 Å². The third-order valence-electron chi connectivity index (χ3n) is 4.30. The van der Waals surface area contributed by atoms with Gasteiger partial charge in [-0.25, -0.2) is 4.98 Å². The summed E-state index contributed by atoms with van der Waals surface area (Å²) >= 11 is 2.95. The van der Waals surface area contributed by atoms with Crippen molar-refractivity contribution in [1.82, 2.24) is 9.88 Å². The Bertz CT molecular complexity index is 758. The molecule has 5 nitrogen and oxygen atoms in total. The van der Waals surface area contributed by atoms with Crippen molar-refractivity contribution in [2.24, 2.45) is 5.73 Å². The Hall–Kier alpha value is -1.86. The number of thioether (sulfide) groups is 1. The minimum atomic E-state index is -0.457. The van der Waals surface area contributed by atoms with Crippen LogP contribution in [0.5, 0.6) is 0 Å². The maximum atomic E-state index is 12.5. The fourth-order valence-corrected chi connectivity index (χ4v) is 4.63. The lowest BCUT2D eigenvalue weighted by molar-refractivity contribution is -0.138. The lowest BCUT2D eigenvalue weighted by atomic mass is 10.0. The minimum Gasteiger partial charge on any atom is -0.368 e. The van der Waals surface area contributed by atoms with E-state index >= 15 is 0 Å². The molecule has 0 radical (unpaired) electrons. The molecule has 0 saturated carbocycles. The largest absolute Gasteiger partial charge is 0.368 e. The normalized spacial score (nSPS) is 17.5. The minimum absolute atomic E-state index is 0.0411. The third kappa shape index (κ3) is 4.41. The van der Waals surface area contributed by atoms with Crippen LogP contribution in [0.2, 0.25) is 0 Å². The van der Waals surface area contributed by atoms with E-state index < -0.39 is 11.9 Å². The van der Waals surface area contributed by atoms with Crippen LogP contribution in [0.3, 0.4) is 0 Å². The van der Waals surface area contributed by atoms with Gasteiger partial charge in [-0.15, -0.1) is 11.3 Å². The summed E-state index contributed by atoms with van der Waals surface area (Å²) in [5.74, 6) is -0.167. The average molecular weight is 376 g/mol. The molecule has 1 atom stereocenters. The van der Waals surface area contributed by atoms with E-state index in [2.05, 4.69) is 36.2 Å². The molecular weight excluding hydrogens is 354 g/mol. The summed E-state index contributed by atoms with van der Waals surface area (Å²) in [7, 11) is 0. The summed E-state index contributed by atoms with van der Waals surface area (Å²) in [4.78, 5) is 30.2. The fraction of sp³-hybridized carbons (Fsp3) is 0.389. The topological polar surface area (TPSA) is 76.3 Å². The molecule has 0 bridgehead atoms. The van der Waals surface area contributed by atoms with Gasteiger partial charge in [0.25, 0.3) is 0 Å². The highest BCUT2D eigenvalue weighted by Crippen LogP contribution is 2.29. The number of aromatic nitrogens is 1. The molecule has 3 rings (SSSR count). The molecule has 1 fully saturated rings. The number of carbonyl (C=O) groups excluding carboxylic acids is 2. The average Bonchev–Trinajstić information content (AvgIpc) is 3.09. The van der Waals surface area contributed by atoms with Crippen LogP contribution in [0.1, 0.15) is 24.8 Å². The highest BCUT2D eigenvalue weighted by atomic mass is 32.2. The van der Waals surface area contributed by atoms with Crippen LogP contribution >= 0.6 is 23.1 Å². The maximum absolute atomic E-state index is 12.5. The quantitative estimate of drug-likeness (QED) is 0.815. The van der Waals surface area contributed by atoms with Gasteiger partial charge in [0.15, 0.2) is 4.34 Å². The van der Waals surface area contributed by atoms with E-state index in [1.165, 1.54) is 28.7 Å². The molecule has 2 N–H and O–H groups in total. The van der Waals surface area contributed by atoms with Crippen LogP contribution in [-0.4, -0.2) is 40.0 Å². The molecule has 1 aliphatic heterocycles. The van der Waals surface area contributed by atoms with Gasteiger partial charge in [-0.05, 0) is 26.2 Å². The molecule has 1 aromatic carbocycles. The van der Waals surface area contributed by atoms with E-state index in [4.69, 9.17) is 5.73 Å². The molecule has 1 saturated heterocycles. The molecule has 2 aromatic rings. The number of hydrogen-bond donors (Lipinski definition) is 1. The van der Waals surface area contributed by atoms with E-state index in [0.29, 0.717) is 13.0 Å². The lowest BCUT2D eigenvalue weighted by Gasteiger charge is -2.33. The van der Waals surface area contributed by atoms with E-state index in [1.807, 2.05) is 5.38 Å². The number of benzene rings is 1. The molecular formula is C18H21N3O2S2. The van der Waals surface area contributed by atoms with Crippen molar-refractivity contribution >= 4 is 34.9 Å². The molecule has 7 heteroatoms. The summed E-state index contributed by atoms with van der Waals surface area (Å²) in [6, 6.07) is 7.77. The van der Waals surface area contributed by atoms with Gasteiger partial charge in [0, 0.05) is 17.5 Å². The number of carbonyl (C=O) groups is 2. The van der Waals surface area contributed by atoms with Crippen molar-refractivity contribution in [3.8, 4) is 11.3 Å². The molecule has 132 valence electrons. The monoisotopic (exact) mass is 375 g/mol. The molecule has 2 heterocycles. The lowest BCUT2D eigenvalue weighted by Crippen LogP contribution is -2.51. The maximum Gasteiger partial charge on any atom is 0.240 e. The van der Waals surface area contributed by atoms with Crippen LogP contribution in [0.4, 0.5) is 0 Å². The fourth-order valence-electron chi connectivity index (χ4n) is 2.91. The molecule has 0 aliphatic carbocycles. The van der Waals surface area contributed by atoms with Gasteiger partial charge < -0.3 is 10.6 Å². The Balaban J connectivity index is 1.61. The van der Waals surface area contributed by atoms with Crippen LogP contribution in [-0.2, 0) is 9.59 Å². The summed E-state index contributed by atoms with van der Waals surface area (Å²) < 4.78 is 0.858. The van der Waals surface area contributed by atoms with Gasteiger partial charge in [0.2, 0.25) is 11.8 Å². The van der Waals surface area contributed by atoms with E-state index in [9.17, 15) is 9.59 Å². The number of amides is 2. The summed E-state index contributed by atoms with van der Waals surface area (Å²) in [5, 5.41) is 2.00. The van der Waals surface area contributed by atoms with Crippen molar-refractivity contribution in [2.45, 2.75) is 36.6 Å². The zero-order valence-corrected chi connectivity index (χ0v) is 15.7. The first kappa shape index (κ1) is 17.9. The second-order valence-electron chi connectivity index (χ2n) is 6.15. The molecule has 1 aliphatic rings. The van der Waals surface area contributed by atoms with Gasteiger partial charge in [0.1, 0.15) is 6.04 Å². The van der Waals surface area contributed by atoms with Gasteiger partial charge in [0.05, 0.1) is 11.4 Å². The van der Waals surface area contributed by atoms with E-state index in [-0.39, 0.29) is 11.7 Å². The number of primary amides is 1. The second-order valence-corrected chi connectivity index (χ2v) is 8.24. The zero-order valence-electron chi connectivity index (χ0n) is 14.1. The van der Waals surface area contributed by atoms with Crippen LogP contribution in [0.15, 0.2) is 34.0 Å². The number of thiazole rings is 1. The first-order valence-corrected chi connectivity index (χ1v) is 10.2. The Morgan fingerprint density at radius 2 is 2.08 bits per heavy atom. The van der Waals surface area contributed by atoms with Crippen LogP contribution in [0.25, 0.3) is 11.3 Å². The predicted octanol–water partition coefficient (Wildman–Crippen LogP) is 3.08. The van der Waals surface area contributed by atoms with Crippen molar-refractivity contribution < 1.29 is 9.59 Å². The van der Waals surface area contributed by atoms with Gasteiger partial charge in [-0.2, -0.15) is 0 Å². The Kier molecular flexibility index (Phi) is 5.75. The van der Waals surface area contributed by atoms with Crippen molar-refractivity contribution in [3.05, 3.63) is 35.2 Å².